The molecule has 6 heteroatoms. The zero-order valence-corrected chi connectivity index (χ0v) is 44.0. The van der Waals surface area contributed by atoms with E-state index >= 15 is 0 Å². The van der Waals surface area contributed by atoms with Crippen molar-refractivity contribution in [2.45, 2.75) is 219 Å². The molecule has 0 bridgehead atoms. The van der Waals surface area contributed by atoms with E-state index < -0.39 is 6.10 Å². The van der Waals surface area contributed by atoms with Crippen LogP contribution in [0.4, 0.5) is 0 Å². The van der Waals surface area contributed by atoms with Crippen molar-refractivity contribution in [3.8, 4) is 0 Å². The van der Waals surface area contributed by atoms with Crippen LogP contribution in [0.1, 0.15) is 213 Å². The van der Waals surface area contributed by atoms with Crippen molar-refractivity contribution in [2.24, 2.45) is 0 Å². The second-order valence-corrected chi connectivity index (χ2v) is 17.4. The van der Waals surface area contributed by atoms with Gasteiger partial charge in [0.25, 0.3) is 0 Å². The predicted molar refractivity (Wildman–Crippen MR) is 297 cm³/mol. The van der Waals surface area contributed by atoms with E-state index in [4.69, 9.17) is 14.2 Å². The summed E-state index contributed by atoms with van der Waals surface area (Å²) >= 11 is 0. The summed E-state index contributed by atoms with van der Waals surface area (Å²) in [5.41, 5.74) is 0. The fourth-order valence-corrected chi connectivity index (χ4v) is 6.71. The number of carbonyl (C=O) groups excluding carboxylic acids is 3. The molecule has 0 N–H and O–H groups in total. The quantitative estimate of drug-likeness (QED) is 0.0262. The molecule has 69 heavy (non-hydrogen) atoms. The number of hydrogen-bond acceptors (Lipinski definition) is 6. The lowest BCUT2D eigenvalue weighted by Gasteiger charge is -2.18. The topological polar surface area (TPSA) is 78.9 Å². The van der Waals surface area contributed by atoms with Crippen molar-refractivity contribution < 1.29 is 28.6 Å². The highest BCUT2D eigenvalue weighted by Gasteiger charge is 2.19. The van der Waals surface area contributed by atoms with Gasteiger partial charge in [-0.3, -0.25) is 14.4 Å². The maximum atomic E-state index is 12.8. The molecule has 0 aromatic rings. The minimum absolute atomic E-state index is 0.139. The molecule has 0 amide bonds. The largest absolute Gasteiger partial charge is 0.462 e. The van der Waals surface area contributed by atoms with Gasteiger partial charge in [-0.1, -0.05) is 205 Å². The van der Waals surface area contributed by atoms with Crippen LogP contribution in [0.25, 0.3) is 0 Å². The van der Waals surface area contributed by atoms with E-state index in [1.54, 1.807) is 0 Å². The standard InChI is InChI=1S/C63H98O6/c1-4-7-10-13-16-19-22-25-28-31-34-37-40-43-46-49-52-55-61(64)67-58-60(69-63(66)57-54-51-48-45-42-39-36-33-30-27-24-21-18-15-12-9-6-3)59-68-62(65)56-53-50-47-44-41-38-35-32-29-26-23-20-17-14-11-8-5-2/h7,10,16-21,25-30,34-39,43-44,46-47,60H,4-6,8-9,11-15,22-24,31-33,40-42,45,48-59H2,1-3H3/b10-7-,19-16-,20-17-,21-18-,28-25-,29-26-,30-27-,37-34-,38-35-,39-36-,46-43-,47-44-/t60-/m1/s1. The van der Waals surface area contributed by atoms with E-state index in [2.05, 4.69) is 167 Å². The van der Waals surface area contributed by atoms with E-state index in [-0.39, 0.29) is 50.4 Å². The van der Waals surface area contributed by atoms with Gasteiger partial charge >= 0.3 is 17.9 Å². The summed E-state index contributed by atoms with van der Waals surface area (Å²) in [7, 11) is 0. The number of esters is 3. The van der Waals surface area contributed by atoms with Gasteiger partial charge in [-0.15, -0.1) is 0 Å². The van der Waals surface area contributed by atoms with Crippen LogP contribution in [0, 0.1) is 0 Å². The second kappa shape index (κ2) is 55.9. The first-order valence-electron chi connectivity index (χ1n) is 27.3. The Labute approximate surface area is 423 Å². The molecule has 0 heterocycles. The van der Waals surface area contributed by atoms with Crippen LogP contribution in [0.3, 0.4) is 0 Å². The maximum Gasteiger partial charge on any atom is 0.306 e. The van der Waals surface area contributed by atoms with Crippen molar-refractivity contribution in [2.75, 3.05) is 13.2 Å². The zero-order valence-electron chi connectivity index (χ0n) is 44.0. The predicted octanol–water partition coefficient (Wildman–Crippen LogP) is 18.4. The lowest BCUT2D eigenvalue weighted by atomic mass is 10.1. The SMILES string of the molecule is CC/C=C\C/C=C\C/C=C\C/C=C\C/C=C\CCCC(=O)OC[C@H](COC(=O)CCC/C=C\C/C=C\C/C=C\C/C=C\CCCCC)OC(=O)CCCCCC/C=C\C/C=C\C/C=C\CCCCC. The molecular formula is C63H98O6. The zero-order chi connectivity index (χ0) is 50.0. The molecule has 6 nitrogen and oxygen atoms in total. The van der Waals surface area contributed by atoms with Gasteiger partial charge in [0.05, 0.1) is 0 Å². The van der Waals surface area contributed by atoms with Gasteiger partial charge in [-0.25, -0.2) is 0 Å². The van der Waals surface area contributed by atoms with Gasteiger partial charge < -0.3 is 14.2 Å². The molecule has 0 aliphatic rings. The average molecular weight is 951 g/mol. The number of rotatable bonds is 47. The molecular weight excluding hydrogens is 853 g/mol. The molecule has 386 valence electrons. The summed E-state index contributed by atoms with van der Waals surface area (Å²) in [6, 6.07) is 0. The lowest BCUT2D eigenvalue weighted by Crippen LogP contribution is -2.30. The highest BCUT2D eigenvalue weighted by atomic mass is 16.6. The Hall–Kier alpha value is -4.71. The van der Waals surface area contributed by atoms with Crippen molar-refractivity contribution in [1.29, 1.82) is 0 Å². The molecule has 0 rings (SSSR count). The van der Waals surface area contributed by atoms with Gasteiger partial charge in [-0.2, -0.15) is 0 Å². The van der Waals surface area contributed by atoms with Crippen LogP contribution >= 0.6 is 0 Å². The number of allylic oxidation sites excluding steroid dienone is 24. The molecule has 0 unspecified atom stereocenters. The smallest absolute Gasteiger partial charge is 0.306 e. The summed E-state index contributed by atoms with van der Waals surface area (Å²) in [5.74, 6) is -1.08. The van der Waals surface area contributed by atoms with Gasteiger partial charge in [0.1, 0.15) is 13.2 Å². The summed E-state index contributed by atoms with van der Waals surface area (Å²) in [6.45, 7) is 6.33. The van der Waals surface area contributed by atoms with E-state index in [9.17, 15) is 14.4 Å². The highest BCUT2D eigenvalue weighted by molar-refractivity contribution is 5.71. The first-order chi connectivity index (χ1) is 34.0. The number of unbranched alkanes of at least 4 members (excludes halogenated alkanes) is 12. The Balaban J connectivity index is 4.64. The monoisotopic (exact) mass is 951 g/mol. The number of carbonyl (C=O) groups is 3. The van der Waals surface area contributed by atoms with Crippen LogP contribution in [0.15, 0.2) is 146 Å². The van der Waals surface area contributed by atoms with Crippen molar-refractivity contribution in [3.05, 3.63) is 146 Å². The highest BCUT2D eigenvalue weighted by Crippen LogP contribution is 2.11. The van der Waals surface area contributed by atoms with E-state index in [0.717, 1.165) is 109 Å². The van der Waals surface area contributed by atoms with Crippen molar-refractivity contribution in [1.82, 2.24) is 0 Å². The molecule has 0 aliphatic heterocycles. The molecule has 0 aliphatic carbocycles. The Morgan fingerprint density at radius 3 is 0.913 bits per heavy atom. The van der Waals surface area contributed by atoms with Crippen molar-refractivity contribution >= 4 is 17.9 Å². The summed E-state index contributed by atoms with van der Waals surface area (Å²) in [5, 5.41) is 0. The van der Waals surface area contributed by atoms with Gasteiger partial charge in [-0.05, 0) is 135 Å². The molecule has 0 saturated carbocycles. The molecule has 0 saturated heterocycles. The first kappa shape index (κ1) is 64.3. The Bertz CT molecular complexity index is 1560. The lowest BCUT2D eigenvalue weighted by molar-refractivity contribution is -0.167. The summed E-state index contributed by atoms with van der Waals surface area (Å²) in [4.78, 5) is 38.1. The summed E-state index contributed by atoms with van der Waals surface area (Å²) < 4.78 is 16.7. The van der Waals surface area contributed by atoms with E-state index in [1.807, 2.05) is 0 Å². The fourth-order valence-electron chi connectivity index (χ4n) is 6.71. The Kier molecular flexibility index (Phi) is 52.1. The number of hydrogen-bond donors (Lipinski definition) is 0. The Morgan fingerprint density at radius 1 is 0.304 bits per heavy atom. The van der Waals surface area contributed by atoms with Crippen LogP contribution in [0.5, 0.6) is 0 Å². The van der Waals surface area contributed by atoms with E-state index in [0.29, 0.717) is 12.8 Å². The van der Waals surface area contributed by atoms with Crippen LogP contribution in [0.2, 0.25) is 0 Å². The first-order valence-corrected chi connectivity index (χ1v) is 27.3. The molecule has 0 aromatic heterocycles. The minimum atomic E-state index is -0.842. The molecule has 0 spiro atoms. The maximum absolute atomic E-state index is 12.8. The normalized spacial score (nSPS) is 13.3. The van der Waals surface area contributed by atoms with Crippen LogP contribution in [-0.2, 0) is 28.6 Å². The van der Waals surface area contributed by atoms with Gasteiger partial charge in [0.15, 0.2) is 6.10 Å². The second-order valence-electron chi connectivity index (χ2n) is 17.4. The minimum Gasteiger partial charge on any atom is -0.462 e. The molecule has 1 atom stereocenters. The van der Waals surface area contributed by atoms with Crippen LogP contribution in [-0.4, -0.2) is 37.2 Å². The third-order valence-electron chi connectivity index (χ3n) is 10.8. The van der Waals surface area contributed by atoms with Crippen molar-refractivity contribution in [3.63, 3.8) is 0 Å². The average Bonchev–Trinajstić information content (AvgIpc) is 3.35. The van der Waals surface area contributed by atoms with E-state index in [1.165, 1.54) is 51.4 Å². The number of ether oxygens (including phenoxy) is 3. The third-order valence-corrected chi connectivity index (χ3v) is 10.8. The van der Waals surface area contributed by atoms with Gasteiger partial charge in [0, 0.05) is 19.3 Å². The third kappa shape index (κ3) is 54.1. The summed E-state index contributed by atoms with van der Waals surface area (Å²) in [6.07, 6.45) is 79.8. The van der Waals surface area contributed by atoms with Crippen LogP contribution < -0.4 is 0 Å². The molecule has 0 fully saturated rings. The molecule has 0 radical (unpaired) electrons. The fraction of sp³-hybridized carbons (Fsp3) is 0.571. The molecule has 0 aromatic carbocycles. The van der Waals surface area contributed by atoms with Gasteiger partial charge in [0.2, 0.25) is 0 Å². The Morgan fingerprint density at radius 2 is 0.580 bits per heavy atom.